The van der Waals surface area contributed by atoms with Gasteiger partial charge in [0.2, 0.25) is 17.7 Å². The summed E-state index contributed by atoms with van der Waals surface area (Å²) in [6.07, 6.45) is 0. The number of ether oxygens (including phenoxy) is 1. The number of primary amides is 1. The first-order valence-corrected chi connectivity index (χ1v) is 9.45. The third kappa shape index (κ3) is 4.11. The number of nitrogens with one attached hydrogen (secondary N) is 1. The number of furan rings is 1. The minimum Gasteiger partial charge on any atom is -0.462 e. The van der Waals surface area contributed by atoms with Crippen LogP contribution in [0.5, 0.6) is 0 Å². The van der Waals surface area contributed by atoms with E-state index in [1.54, 1.807) is 13.8 Å². The fourth-order valence-electron chi connectivity index (χ4n) is 2.53. The van der Waals surface area contributed by atoms with Crippen LogP contribution in [-0.2, 0) is 9.53 Å². The first kappa shape index (κ1) is 21.3. The lowest BCUT2D eigenvalue weighted by atomic mass is 10.1. The number of amides is 2. The molecule has 11 nitrogen and oxygen atoms in total. The molecule has 0 aliphatic rings. The van der Waals surface area contributed by atoms with E-state index in [9.17, 15) is 14.4 Å². The molecule has 1 unspecified atom stereocenters. The minimum atomic E-state index is -0.936. The van der Waals surface area contributed by atoms with Gasteiger partial charge < -0.3 is 20.6 Å². The molecule has 2 rings (SSSR count). The van der Waals surface area contributed by atoms with Crippen LogP contribution in [0.4, 0.5) is 11.8 Å². The first-order valence-electron chi connectivity index (χ1n) is 8.47. The Balaban J connectivity index is 2.36. The zero-order valence-electron chi connectivity index (χ0n) is 15.9. The highest BCUT2D eigenvalue weighted by molar-refractivity contribution is 7.99. The van der Waals surface area contributed by atoms with E-state index < -0.39 is 23.8 Å². The number of thioether (sulfide) groups is 1. The van der Waals surface area contributed by atoms with Crippen molar-refractivity contribution in [2.45, 2.75) is 38.9 Å². The lowest BCUT2D eigenvalue weighted by molar-refractivity contribution is -0.119. The zero-order valence-corrected chi connectivity index (χ0v) is 16.8. The van der Waals surface area contributed by atoms with Crippen LogP contribution in [0.25, 0.3) is 0 Å². The van der Waals surface area contributed by atoms with Crippen LogP contribution in [0, 0.1) is 6.92 Å². The molecule has 2 amide bonds. The van der Waals surface area contributed by atoms with Gasteiger partial charge in [0.25, 0.3) is 5.91 Å². The molecule has 2 aromatic heterocycles. The number of hydrogen-bond donors (Lipinski definition) is 3. The fourth-order valence-corrected chi connectivity index (χ4v) is 3.28. The molecule has 2 heterocycles. The maximum atomic E-state index is 12.7. The van der Waals surface area contributed by atoms with Gasteiger partial charge in [-0.2, -0.15) is 0 Å². The van der Waals surface area contributed by atoms with Crippen molar-refractivity contribution < 1.29 is 23.5 Å². The highest BCUT2D eigenvalue weighted by Gasteiger charge is 2.31. The van der Waals surface area contributed by atoms with Gasteiger partial charge >= 0.3 is 5.97 Å². The summed E-state index contributed by atoms with van der Waals surface area (Å²) in [7, 11) is 0. The van der Waals surface area contributed by atoms with Crippen molar-refractivity contribution in [2.75, 3.05) is 23.4 Å². The molecule has 152 valence electrons. The number of carbonyl (C=O) groups is 3. The Hall–Kier alpha value is -3.02. The summed E-state index contributed by atoms with van der Waals surface area (Å²) in [6.45, 7) is 6.70. The van der Waals surface area contributed by atoms with Crippen molar-refractivity contribution in [1.29, 1.82) is 0 Å². The predicted molar refractivity (Wildman–Crippen MR) is 102 cm³/mol. The number of nitrogens with two attached hydrogens (primary N) is 2. The van der Waals surface area contributed by atoms with Gasteiger partial charge in [-0.05, 0) is 26.5 Å². The Morgan fingerprint density at radius 1 is 1.29 bits per heavy atom. The number of rotatable bonds is 8. The van der Waals surface area contributed by atoms with Crippen molar-refractivity contribution in [1.82, 2.24) is 14.8 Å². The summed E-state index contributed by atoms with van der Waals surface area (Å²) in [5, 5.41) is 10.7. The second kappa shape index (κ2) is 8.78. The lowest BCUT2D eigenvalue weighted by Crippen LogP contribution is -2.26. The maximum absolute atomic E-state index is 12.7. The van der Waals surface area contributed by atoms with Gasteiger partial charge in [0.1, 0.15) is 22.9 Å². The van der Waals surface area contributed by atoms with E-state index in [1.807, 2.05) is 6.92 Å². The predicted octanol–water partition coefficient (Wildman–Crippen LogP) is 1.35. The molecular weight excluding hydrogens is 388 g/mol. The Kier molecular flexibility index (Phi) is 6.67. The average Bonchev–Trinajstić information content (AvgIpc) is 3.14. The van der Waals surface area contributed by atoms with Gasteiger partial charge in [0, 0.05) is 0 Å². The summed E-state index contributed by atoms with van der Waals surface area (Å²) in [4.78, 5) is 36.8. The standard InChI is InChI=1S/C16H22N6O5S/c1-5-26-14(25)9-8(4)27-13(10(9)11(17)23)19-12(24)7(3)22-15(18)20-21-16(22)28-6-2/h7H,5-6H2,1-4H3,(H2,17,23)(H2,18,20)(H,19,24). The number of aromatic nitrogens is 3. The molecule has 0 bridgehead atoms. The molecule has 28 heavy (non-hydrogen) atoms. The number of nitrogen functional groups attached to an aromatic ring is 1. The highest BCUT2D eigenvalue weighted by atomic mass is 32.2. The summed E-state index contributed by atoms with van der Waals surface area (Å²) >= 11 is 1.37. The fraction of sp³-hybridized carbons (Fsp3) is 0.438. The van der Waals surface area contributed by atoms with Gasteiger partial charge in [-0.3, -0.25) is 19.5 Å². The number of nitrogens with zero attached hydrogens (tertiary/aromatic N) is 3. The molecule has 0 spiro atoms. The molecule has 0 aliphatic carbocycles. The normalized spacial score (nSPS) is 11.9. The van der Waals surface area contributed by atoms with E-state index in [0.29, 0.717) is 10.9 Å². The summed E-state index contributed by atoms with van der Waals surface area (Å²) in [5.74, 6) is -1.63. The van der Waals surface area contributed by atoms with E-state index in [1.165, 1.54) is 23.3 Å². The van der Waals surface area contributed by atoms with Crippen molar-refractivity contribution in [3.63, 3.8) is 0 Å². The SMILES string of the molecule is CCOC(=O)c1c(C)oc(NC(=O)C(C)n2c(N)nnc2SCC)c1C(N)=O. The molecule has 12 heteroatoms. The maximum Gasteiger partial charge on any atom is 0.342 e. The highest BCUT2D eigenvalue weighted by Crippen LogP contribution is 2.29. The number of anilines is 2. The second-order valence-corrected chi connectivity index (χ2v) is 6.86. The first-order chi connectivity index (χ1) is 13.2. The molecule has 1 atom stereocenters. The van der Waals surface area contributed by atoms with Crippen LogP contribution in [-0.4, -0.2) is 44.9 Å². The van der Waals surface area contributed by atoms with Gasteiger partial charge in [0.05, 0.1) is 6.61 Å². The zero-order chi connectivity index (χ0) is 21.0. The molecule has 0 aliphatic heterocycles. The van der Waals surface area contributed by atoms with Crippen LogP contribution in [0.15, 0.2) is 9.57 Å². The summed E-state index contributed by atoms with van der Waals surface area (Å²) in [5.41, 5.74) is 10.8. The third-order valence-corrected chi connectivity index (χ3v) is 4.60. The van der Waals surface area contributed by atoms with E-state index in [4.69, 9.17) is 20.6 Å². The lowest BCUT2D eigenvalue weighted by Gasteiger charge is -2.15. The van der Waals surface area contributed by atoms with Crippen LogP contribution in [0.2, 0.25) is 0 Å². The molecule has 0 aromatic carbocycles. The summed E-state index contributed by atoms with van der Waals surface area (Å²) in [6, 6.07) is -0.818. The molecular formula is C16H22N6O5S. The van der Waals surface area contributed by atoms with E-state index >= 15 is 0 Å². The van der Waals surface area contributed by atoms with E-state index in [0.717, 1.165) is 0 Å². The van der Waals surface area contributed by atoms with Gasteiger partial charge in [-0.15, -0.1) is 10.2 Å². The monoisotopic (exact) mass is 410 g/mol. The number of esters is 1. The van der Waals surface area contributed by atoms with E-state index in [2.05, 4.69) is 15.5 Å². The Labute approximate surface area is 165 Å². The number of carbonyl (C=O) groups excluding carboxylic acids is 3. The Morgan fingerprint density at radius 3 is 2.54 bits per heavy atom. The van der Waals surface area contributed by atoms with E-state index in [-0.39, 0.29) is 35.3 Å². The number of hydrogen-bond acceptors (Lipinski definition) is 9. The quantitative estimate of drug-likeness (QED) is 0.429. The minimum absolute atomic E-state index is 0.0663. The largest absolute Gasteiger partial charge is 0.462 e. The molecule has 0 saturated heterocycles. The molecule has 0 saturated carbocycles. The third-order valence-electron chi connectivity index (χ3n) is 3.78. The molecule has 0 radical (unpaired) electrons. The summed E-state index contributed by atoms with van der Waals surface area (Å²) < 4.78 is 11.8. The van der Waals surface area contributed by atoms with Crippen molar-refractivity contribution in [2.24, 2.45) is 5.73 Å². The van der Waals surface area contributed by atoms with Gasteiger partial charge in [0.15, 0.2) is 5.16 Å². The molecule has 2 aromatic rings. The van der Waals surface area contributed by atoms with Gasteiger partial charge in [-0.1, -0.05) is 18.7 Å². The Morgan fingerprint density at radius 2 is 1.96 bits per heavy atom. The van der Waals surface area contributed by atoms with Crippen molar-refractivity contribution >= 4 is 41.4 Å². The van der Waals surface area contributed by atoms with Crippen LogP contribution in [0.1, 0.15) is 53.3 Å². The van der Waals surface area contributed by atoms with Crippen LogP contribution < -0.4 is 16.8 Å². The second-order valence-electron chi connectivity index (χ2n) is 5.63. The molecule has 0 fully saturated rings. The smallest absolute Gasteiger partial charge is 0.342 e. The van der Waals surface area contributed by atoms with Gasteiger partial charge in [-0.25, -0.2) is 4.79 Å². The van der Waals surface area contributed by atoms with Crippen molar-refractivity contribution in [3.05, 3.63) is 16.9 Å². The molecule has 5 N–H and O–H groups in total. The van der Waals surface area contributed by atoms with Crippen molar-refractivity contribution in [3.8, 4) is 0 Å². The topological polar surface area (TPSA) is 168 Å². The number of aryl methyl sites for hydroxylation is 1. The Bertz CT molecular complexity index is 906. The van der Waals surface area contributed by atoms with Crippen LogP contribution in [0.3, 0.4) is 0 Å². The average molecular weight is 410 g/mol. The van der Waals surface area contributed by atoms with Crippen LogP contribution >= 0.6 is 11.8 Å².